The number of alkyl halides is 6. The molecule has 1 nitrogen and oxygen atoms in total. The van der Waals surface area contributed by atoms with Gasteiger partial charge >= 0.3 is 5.51 Å². The minimum Gasteiger partial charge on any atom is -0.294 e. The molecule has 1 aromatic carbocycles. The van der Waals surface area contributed by atoms with E-state index in [1.165, 1.54) is 0 Å². The summed E-state index contributed by atoms with van der Waals surface area (Å²) in [7, 11) is 0. The van der Waals surface area contributed by atoms with E-state index in [2.05, 4.69) is 15.9 Å². The number of thioether (sulfide) groups is 1. The SMILES string of the molecule is O=C(CCBr)c1ccc(C(F)F)c(SC(F)(F)F)c1. The van der Waals surface area contributed by atoms with Crippen molar-refractivity contribution < 1.29 is 26.7 Å². The molecule has 0 fully saturated rings. The Bertz CT molecular complexity index is 461. The Morgan fingerprint density at radius 2 is 1.95 bits per heavy atom. The van der Waals surface area contributed by atoms with Crippen LogP contribution in [0.1, 0.15) is 28.8 Å². The van der Waals surface area contributed by atoms with Crippen LogP contribution in [0, 0.1) is 0 Å². The second-order valence-electron chi connectivity index (χ2n) is 3.46. The van der Waals surface area contributed by atoms with Crippen molar-refractivity contribution in [2.24, 2.45) is 0 Å². The summed E-state index contributed by atoms with van der Waals surface area (Å²) in [4.78, 5) is 10.9. The second-order valence-corrected chi connectivity index (χ2v) is 5.36. The lowest BCUT2D eigenvalue weighted by Gasteiger charge is -2.12. The van der Waals surface area contributed by atoms with Crippen LogP contribution in [0.3, 0.4) is 0 Å². The molecule has 0 N–H and O–H groups in total. The van der Waals surface area contributed by atoms with Gasteiger partial charge in [0.25, 0.3) is 6.43 Å². The van der Waals surface area contributed by atoms with E-state index in [9.17, 15) is 26.7 Å². The maximum Gasteiger partial charge on any atom is 0.446 e. The van der Waals surface area contributed by atoms with Gasteiger partial charge < -0.3 is 0 Å². The molecule has 0 heterocycles. The molecule has 0 aliphatic rings. The van der Waals surface area contributed by atoms with Crippen LogP contribution in [0.15, 0.2) is 23.1 Å². The number of ketones is 1. The van der Waals surface area contributed by atoms with Gasteiger partial charge in [-0.1, -0.05) is 28.1 Å². The smallest absolute Gasteiger partial charge is 0.294 e. The van der Waals surface area contributed by atoms with Crippen molar-refractivity contribution in [3.8, 4) is 0 Å². The topological polar surface area (TPSA) is 17.1 Å². The van der Waals surface area contributed by atoms with Crippen molar-refractivity contribution in [3.05, 3.63) is 29.3 Å². The second kappa shape index (κ2) is 6.69. The Morgan fingerprint density at radius 1 is 1.32 bits per heavy atom. The third-order valence-corrected chi connectivity index (χ3v) is 3.32. The summed E-state index contributed by atoms with van der Waals surface area (Å²) < 4.78 is 62.1. The first-order chi connectivity index (χ1) is 8.74. The molecule has 1 aromatic rings. The molecule has 0 radical (unpaired) electrons. The molecule has 19 heavy (non-hydrogen) atoms. The third kappa shape index (κ3) is 5.10. The Balaban J connectivity index is 3.14. The quantitative estimate of drug-likeness (QED) is 0.309. The third-order valence-electron chi connectivity index (χ3n) is 2.12. The highest BCUT2D eigenvalue weighted by Crippen LogP contribution is 2.41. The molecular weight excluding hydrogens is 355 g/mol. The predicted octanol–water partition coefficient (Wildman–Crippen LogP) is 5.20. The van der Waals surface area contributed by atoms with Crippen LogP contribution in [0.25, 0.3) is 0 Å². The van der Waals surface area contributed by atoms with E-state index in [4.69, 9.17) is 0 Å². The van der Waals surface area contributed by atoms with E-state index >= 15 is 0 Å². The fourth-order valence-electron chi connectivity index (χ4n) is 1.33. The number of benzene rings is 1. The van der Waals surface area contributed by atoms with Crippen molar-refractivity contribution in [1.29, 1.82) is 0 Å². The van der Waals surface area contributed by atoms with Gasteiger partial charge in [-0.2, -0.15) is 13.2 Å². The maximum absolute atomic E-state index is 12.6. The molecule has 0 aromatic heterocycles. The number of hydrogen-bond acceptors (Lipinski definition) is 2. The van der Waals surface area contributed by atoms with Gasteiger partial charge in [-0.05, 0) is 17.8 Å². The normalized spacial score (nSPS) is 11.9. The van der Waals surface area contributed by atoms with Gasteiger partial charge in [-0.15, -0.1) is 0 Å². The number of rotatable bonds is 5. The van der Waals surface area contributed by atoms with Gasteiger partial charge in [-0.3, -0.25) is 4.79 Å². The number of carbonyl (C=O) groups excluding carboxylic acids is 1. The lowest BCUT2D eigenvalue weighted by atomic mass is 10.1. The fraction of sp³-hybridized carbons (Fsp3) is 0.364. The average molecular weight is 363 g/mol. The van der Waals surface area contributed by atoms with Crippen LogP contribution < -0.4 is 0 Å². The van der Waals surface area contributed by atoms with Crippen molar-refractivity contribution >= 4 is 33.5 Å². The summed E-state index contributed by atoms with van der Waals surface area (Å²) in [5, 5.41) is 0.351. The first-order valence-corrected chi connectivity index (χ1v) is 6.95. The van der Waals surface area contributed by atoms with E-state index in [1.807, 2.05) is 0 Å². The largest absolute Gasteiger partial charge is 0.446 e. The number of Topliss-reactive ketones (excluding diaryl/α,β-unsaturated/α-hetero) is 1. The minimum atomic E-state index is -4.68. The number of hydrogen-bond donors (Lipinski definition) is 0. The minimum absolute atomic E-state index is 0.00407. The highest BCUT2D eigenvalue weighted by molar-refractivity contribution is 9.09. The summed E-state index contributed by atoms with van der Waals surface area (Å²) in [6.45, 7) is 0. The highest BCUT2D eigenvalue weighted by atomic mass is 79.9. The summed E-state index contributed by atoms with van der Waals surface area (Å²) >= 11 is 2.39. The molecule has 0 spiro atoms. The Hall–Kier alpha value is -0.630. The van der Waals surface area contributed by atoms with Gasteiger partial charge in [0.15, 0.2) is 5.78 Å². The summed E-state index contributed by atoms with van der Waals surface area (Å²) in [5.41, 5.74) is -5.41. The molecule has 0 atom stereocenters. The summed E-state index contributed by atoms with van der Waals surface area (Å²) in [6, 6.07) is 2.85. The van der Waals surface area contributed by atoms with Gasteiger partial charge in [0.2, 0.25) is 0 Å². The molecule has 0 aliphatic carbocycles. The number of halogens is 6. The van der Waals surface area contributed by atoms with E-state index in [0.717, 1.165) is 18.2 Å². The van der Waals surface area contributed by atoms with Crippen LogP contribution in [-0.2, 0) is 0 Å². The zero-order valence-corrected chi connectivity index (χ0v) is 11.7. The summed E-state index contributed by atoms with van der Waals surface area (Å²) in [6.07, 6.45) is -2.94. The number of carbonyl (C=O) groups is 1. The summed E-state index contributed by atoms with van der Waals surface area (Å²) in [5.74, 6) is -0.401. The molecule has 0 saturated carbocycles. The van der Waals surface area contributed by atoms with E-state index in [1.54, 1.807) is 0 Å². The van der Waals surface area contributed by atoms with Gasteiger partial charge in [0.1, 0.15) is 0 Å². The van der Waals surface area contributed by atoms with Crippen molar-refractivity contribution in [3.63, 3.8) is 0 Å². The predicted molar refractivity (Wildman–Crippen MR) is 66.1 cm³/mol. The maximum atomic E-state index is 12.6. The van der Waals surface area contributed by atoms with Crippen LogP contribution in [0.4, 0.5) is 22.0 Å². The van der Waals surface area contributed by atoms with Gasteiger partial charge in [0.05, 0.1) is 0 Å². The molecule has 0 amide bonds. The Kier molecular flexibility index (Phi) is 5.79. The van der Waals surface area contributed by atoms with Gasteiger partial charge in [-0.25, -0.2) is 8.78 Å². The van der Waals surface area contributed by atoms with E-state index in [-0.39, 0.29) is 12.0 Å². The lowest BCUT2D eigenvalue weighted by Crippen LogP contribution is -2.05. The Morgan fingerprint density at radius 3 is 2.42 bits per heavy atom. The Labute approximate surface area is 118 Å². The molecule has 1 rings (SSSR count). The van der Waals surface area contributed by atoms with Crippen LogP contribution in [-0.4, -0.2) is 16.6 Å². The molecule has 8 heteroatoms. The highest BCUT2D eigenvalue weighted by Gasteiger charge is 2.32. The van der Waals surface area contributed by atoms with Crippen LogP contribution >= 0.6 is 27.7 Å². The van der Waals surface area contributed by atoms with E-state index < -0.39 is 39.9 Å². The lowest BCUT2D eigenvalue weighted by molar-refractivity contribution is -0.0329. The van der Waals surface area contributed by atoms with E-state index in [0.29, 0.717) is 5.33 Å². The first-order valence-electron chi connectivity index (χ1n) is 5.01. The zero-order chi connectivity index (χ0) is 14.6. The first kappa shape index (κ1) is 16.4. The zero-order valence-electron chi connectivity index (χ0n) is 9.31. The molecule has 106 valence electrons. The molecule has 0 unspecified atom stereocenters. The van der Waals surface area contributed by atoms with Crippen LogP contribution in [0.5, 0.6) is 0 Å². The van der Waals surface area contributed by atoms with Crippen molar-refractivity contribution in [1.82, 2.24) is 0 Å². The monoisotopic (exact) mass is 362 g/mol. The van der Waals surface area contributed by atoms with Crippen LogP contribution in [0.2, 0.25) is 0 Å². The molecule has 0 bridgehead atoms. The van der Waals surface area contributed by atoms with Gasteiger partial charge in [0, 0.05) is 27.8 Å². The molecule has 0 saturated heterocycles. The molecule has 0 aliphatic heterocycles. The van der Waals surface area contributed by atoms with Crippen molar-refractivity contribution in [2.75, 3.05) is 5.33 Å². The standard InChI is InChI=1S/C11H8BrF5OS/c12-4-3-8(18)6-1-2-7(10(13)14)9(5-6)19-11(15,16)17/h1-2,5,10H,3-4H2. The van der Waals surface area contributed by atoms with Crippen molar-refractivity contribution in [2.45, 2.75) is 23.3 Å². The average Bonchev–Trinajstić information content (AvgIpc) is 2.26. The molecular formula is C11H8BrF5OS. The fourth-order valence-corrected chi connectivity index (χ4v) is 2.40.